The Morgan fingerprint density at radius 2 is 1.95 bits per heavy atom. The van der Waals surface area contributed by atoms with Crippen molar-refractivity contribution in [3.63, 3.8) is 0 Å². The first-order valence-electron chi connectivity index (χ1n) is 6.99. The second-order valence-electron chi connectivity index (χ2n) is 6.16. The average molecular weight is 391 g/mol. The van der Waals surface area contributed by atoms with Gasteiger partial charge in [-0.15, -0.1) is 0 Å². The van der Waals surface area contributed by atoms with Crippen molar-refractivity contribution in [2.45, 2.75) is 32.7 Å². The molecule has 1 rings (SSSR count). The molecule has 0 fully saturated rings. The van der Waals surface area contributed by atoms with Gasteiger partial charge in [-0.3, -0.25) is 4.79 Å². The summed E-state index contributed by atoms with van der Waals surface area (Å²) in [5.74, 6) is -0.125. The molecule has 1 aromatic carbocycles. The standard InChI is InChI=1S/C15H23BrN2O3S/c1-15(2,3)18(22(4,20)21)9-8-17-14(19)11-12-6-5-7-13(16)10-12/h5-7,10H,8-9,11H2,1-4H3,(H,17,19). The van der Waals surface area contributed by atoms with Gasteiger partial charge in [0, 0.05) is 23.1 Å². The Hall–Kier alpha value is -0.920. The SMILES string of the molecule is CC(C)(C)N(CCNC(=O)Cc1cccc(Br)c1)S(C)(=O)=O. The lowest BCUT2D eigenvalue weighted by molar-refractivity contribution is -0.120. The molecule has 0 spiro atoms. The highest BCUT2D eigenvalue weighted by Crippen LogP contribution is 2.16. The lowest BCUT2D eigenvalue weighted by Crippen LogP contribution is -2.48. The van der Waals surface area contributed by atoms with Crippen molar-refractivity contribution in [2.75, 3.05) is 19.3 Å². The summed E-state index contributed by atoms with van der Waals surface area (Å²) in [5.41, 5.74) is 0.394. The number of halogens is 1. The molecule has 7 heteroatoms. The summed E-state index contributed by atoms with van der Waals surface area (Å²) in [4.78, 5) is 11.9. The second kappa shape index (κ2) is 7.57. The fraction of sp³-hybridized carbons (Fsp3) is 0.533. The summed E-state index contributed by atoms with van der Waals surface area (Å²) in [6.45, 7) is 6.04. The first-order chi connectivity index (χ1) is 10.00. The molecule has 0 bridgehead atoms. The summed E-state index contributed by atoms with van der Waals surface area (Å²) >= 11 is 3.36. The molecular weight excluding hydrogens is 368 g/mol. The third-order valence-corrected chi connectivity index (χ3v) is 5.06. The smallest absolute Gasteiger partial charge is 0.224 e. The number of carbonyl (C=O) groups is 1. The Labute approximate surface area is 141 Å². The highest BCUT2D eigenvalue weighted by Gasteiger charge is 2.28. The van der Waals surface area contributed by atoms with E-state index in [0.717, 1.165) is 10.0 Å². The van der Waals surface area contributed by atoms with Gasteiger partial charge in [0.05, 0.1) is 12.7 Å². The van der Waals surface area contributed by atoms with E-state index in [0.29, 0.717) is 0 Å². The van der Waals surface area contributed by atoms with E-state index < -0.39 is 15.6 Å². The number of hydrogen-bond donors (Lipinski definition) is 1. The number of nitrogens with one attached hydrogen (secondary N) is 1. The number of benzene rings is 1. The largest absolute Gasteiger partial charge is 0.354 e. The van der Waals surface area contributed by atoms with Gasteiger partial charge >= 0.3 is 0 Å². The van der Waals surface area contributed by atoms with Gasteiger partial charge < -0.3 is 5.32 Å². The van der Waals surface area contributed by atoms with Gasteiger partial charge in [-0.1, -0.05) is 28.1 Å². The molecule has 0 atom stereocenters. The summed E-state index contributed by atoms with van der Waals surface area (Å²) in [6, 6.07) is 7.53. The Bertz CT molecular complexity index is 624. The van der Waals surface area contributed by atoms with Crippen molar-refractivity contribution in [1.29, 1.82) is 0 Å². The number of rotatable bonds is 6. The van der Waals surface area contributed by atoms with Crippen molar-refractivity contribution in [3.05, 3.63) is 34.3 Å². The summed E-state index contributed by atoms with van der Waals surface area (Å²) in [7, 11) is -3.31. The molecule has 124 valence electrons. The van der Waals surface area contributed by atoms with Crippen LogP contribution >= 0.6 is 15.9 Å². The molecule has 0 aliphatic heterocycles. The molecule has 0 aromatic heterocycles. The van der Waals surface area contributed by atoms with Crippen molar-refractivity contribution >= 4 is 31.9 Å². The van der Waals surface area contributed by atoms with Crippen LogP contribution in [0.4, 0.5) is 0 Å². The number of amides is 1. The van der Waals surface area contributed by atoms with Crippen molar-refractivity contribution in [2.24, 2.45) is 0 Å². The molecule has 22 heavy (non-hydrogen) atoms. The van der Waals surface area contributed by atoms with E-state index >= 15 is 0 Å². The zero-order valence-corrected chi connectivity index (χ0v) is 15.8. The quantitative estimate of drug-likeness (QED) is 0.808. The van der Waals surface area contributed by atoms with E-state index in [1.807, 2.05) is 45.0 Å². The third kappa shape index (κ3) is 6.46. The summed E-state index contributed by atoms with van der Waals surface area (Å²) < 4.78 is 25.9. The number of hydrogen-bond acceptors (Lipinski definition) is 3. The van der Waals surface area contributed by atoms with E-state index in [1.54, 1.807) is 0 Å². The van der Waals surface area contributed by atoms with Crippen molar-refractivity contribution < 1.29 is 13.2 Å². The molecule has 0 radical (unpaired) electrons. The van der Waals surface area contributed by atoms with Crippen LogP contribution in [0.25, 0.3) is 0 Å². The van der Waals surface area contributed by atoms with Gasteiger partial charge in [-0.2, -0.15) is 4.31 Å². The maximum atomic E-state index is 11.9. The minimum absolute atomic E-state index is 0.125. The minimum Gasteiger partial charge on any atom is -0.354 e. The first-order valence-corrected chi connectivity index (χ1v) is 9.63. The summed E-state index contributed by atoms with van der Waals surface area (Å²) in [5, 5.41) is 2.76. The number of nitrogens with zero attached hydrogens (tertiary/aromatic N) is 1. The zero-order valence-electron chi connectivity index (χ0n) is 13.4. The van der Waals surface area contributed by atoms with Gasteiger partial charge in [0.15, 0.2) is 0 Å². The predicted octanol–water partition coefficient (Wildman–Crippen LogP) is 2.17. The van der Waals surface area contributed by atoms with Crippen LogP contribution in [-0.2, 0) is 21.2 Å². The first kappa shape index (κ1) is 19.1. The van der Waals surface area contributed by atoms with Crippen LogP contribution < -0.4 is 5.32 Å². The molecule has 0 saturated heterocycles. The third-order valence-electron chi connectivity index (χ3n) is 3.04. The van der Waals surface area contributed by atoms with E-state index in [9.17, 15) is 13.2 Å². The number of sulfonamides is 1. The van der Waals surface area contributed by atoms with Gasteiger partial charge in [0.25, 0.3) is 0 Å². The fourth-order valence-corrected chi connectivity index (χ4v) is 4.05. The van der Waals surface area contributed by atoms with Crippen LogP contribution in [0.1, 0.15) is 26.3 Å². The minimum atomic E-state index is -3.31. The van der Waals surface area contributed by atoms with Crippen LogP contribution in [0.3, 0.4) is 0 Å². The molecule has 5 nitrogen and oxygen atoms in total. The molecule has 0 saturated carbocycles. The van der Waals surface area contributed by atoms with Crippen LogP contribution in [0.2, 0.25) is 0 Å². The Kier molecular flexibility index (Phi) is 6.58. The molecular formula is C15H23BrN2O3S. The van der Waals surface area contributed by atoms with Crippen LogP contribution in [0, 0.1) is 0 Å². The van der Waals surface area contributed by atoms with E-state index in [-0.39, 0.29) is 25.4 Å². The van der Waals surface area contributed by atoms with Gasteiger partial charge in [0.2, 0.25) is 15.9 Å². The number of carbonyl (C=O) groups excluding carboxylic acids is 1. The van der Waals surface area contributed by atoms with Crippen LogP contribution in [-0.4, -0.2) is 43.5 Å². The average Bonchev–Trinajstić information content (AvgIpc) is 2.31. The lowest BCUT2D eigenvalue weighted by Gasteiger charge is -2.33. The second-order valence-corrected chi connectivity index (χ2v) is 8.99. The van der Waals surface area contributed by atoms with Crippen LogP contribution in [0.5, 0.6) is 0 Å². The van der Waals surface area contributed by atoms with Gasteiger partial charge in [0.1, 0.15) is 0 Å². The van der Waals surface area contributed by atoms with Crippen molar-refractivity contribution in [3.8, 4) is 0 Å². The maximum Gasteiger partial charge on any atom is 0.224 e. The lowest BCUT2D eigenvalue weighted by atomic mass is 10.1. The zero-order chi connectivity index (χ0) is 17.0. The molecule has 1 N–H and O–H groups in total. The van der Waals surface area contributed by atoms with Crippen LogP contribution in [0.15, 0.2) is 28.7 Å². The van der Waals surface area contributed by atoms with Crippen molar-refractivity contribution in [1.82, 2.24) is 9.62 Å². The van der Waals surface area contributed by atoms with E-state index in [2.05, 4.69) is 21.2 Å². The van der Waals surface area contributed by atoms with E-state index in [4.69, 9.17) is 0 Å². The Morgan fingerprint density at radius 1 is 1.32 bits per heavy atom. The van der Waals surface area contributed by atoms with E-state index in [1.165, 1.54) is 10.6 Å². The molecule has 0 heterocycles. The molecule has 1 amide bonds. The summed E-state index contributed by atoms with van der Waals surface area (Å²) in [6.07, 6.45) is 1.45. The Balaban J connectivity index is 2.54. The normalized spacial score (nSPS) is 12.5. The topological polar surface area (TPSA) is 66.5 Å². The fourth-order valence-electron chi connectivity index (χ4n) is 2.19. The molecule has 0 aliphatic carbocycles. The molecule has 0 unspecified atom stereocenters. The monoisotopic (exact) mass is 390 g/mol. The predicted molar refractivity (Wildman–Crippen MR) is 92.2 cm³/mol. The van der Waals surface area contributed by atoms with Gasteiger partial charge in [-0.25, -0.2) is 8.42 Å². The molecule has 1 aromatic rings. The Morgan fingerprint density at radius 3 is 2.45 bits per heavy atom. The highest BCUT2D eigenvalue weighted by atomic mass is 79.9. The maximum absolute atomic E-state index is 11.9. The van der Waals surface area contributed by atoms with Gasteiger partial charge in [-0.05, 0) is 38.5 Å². The highest BCUT2D eigenvalue weighted by molar-refractivity contribution is 9.10. The molecule has 0 aliphatic rings.